The van der Waals surface area contributed by atoms with Gasteiger partial charge in [0.1, 0.15) is 0 Å². The van der Waals surface area contributed by atoms with Crippen molar-refractivity contribution in [1.82, 2.24) is 5.32 Å². The second kappa shape index (κ2) is 5.19. The fourth-order valence-corrected chi connectivity index (χ4v) is 3.35. The van der Waals surface area contributed by atoms with Crippen LogP contribution in [0.1, 0.15) is 30.5 Å². The van der Waals surface area contributed by atoms with Crippen molar-refractivity contribution in [3.63, 3.8) is 0 Å². The Bertz CT molecular complexity index is 433. The van der Waals surface area contributed by atoms with Gasteiger partial charge in [0.05, 0.1) is 0 Å². The summed E-state index contributed by atoms with van der Waals surface area (Å²) in [6.07, 6.45) is 3.95. The van der Waals surface area contributed by atoms with E-state index in [-0.39, 0.29) is 6.04 Å². The Kier molecular flexibility index (Phi) is 3.84. The van der Waals surface area contributed by atoms with Crippen LogP contribution >= 0.6 is 0 Å². The first-order chi connectivity index (χ1) is 8.06. The number of nitrogens with two attached hydrogens (primary N) is 1. The molecule has 94 valence electrons. The number of nitrogens with one attached hydrogen (secondary N) is 1. The maximum absolute atomic E-state index is 11.2. The number of hydrogen-bond acceptors (Lipinski definition) is 3. The van der Waals surface area contributed by atoms with Crippen LogP contribution < -0.4 is 11.1 Å². The Labute approximate surface area is 105 Å². The molecule has 0 aromatic heterocycles. The van der Waals surface area contributed by atoms with Gasteiger partial charge in [-0.25, -0.2) is 0 Å². The fraction of sp³-hybridized carbons (Fsp3) is 0.538. The third kappa shape index (κ3) is 3.07. The molecule has 3 N–H and O–H groups in total. The minimum Gasteiger partial charge on any atom is -0.399 e. The normalized spacial score (nSPS) is 22.1. The van der Waals surface area contributed by atoms with E-state index in [2.05, 4.69) is 24.4 Å². The Morgan fingerprint density at radius 3 is 3.06 bits per heavy atom. The van der Waals surface area contributed by atoms with Gasteiger partial charge in [0.15, 0.2) is 0 Å². The Morgan fingerprint density at radius 1 is 1.59 bits per heavy atom. The first-order valence-electron chi connectivity index (χ1n) is 6.00. The van der Waals surface area contributed by atoms with Gasteiger partial charge in [-0.2, -0.15) is 0 Å². The predicted molar refractivity (Wildman–Crippen MR) is 73.4 cm³/mol. The monoisotopic (exact) mass is 252 g/mol. The second-order valence-electron chi connectivity index (χ2n) is 4.86. The van der Waals surface area contributed by atoms with Crippen molar-refractivity contribution in [2.45, 2.75) is 31.8 Å². The van der Waals surface area contributed by atoms with Crippen LogP contribution in [0.5, 0.6) is 0 Å². The van der Waals surface area contributed by atoms with Crippen LogP contribution in [0.15, 0.2) is 18.2 Å². The standard InChI is InChI=1S/C13H20N2OS/c1-9(8-17(2)16)15-13-6-3-10-7-11(14)4-5-12(10)13/h4-5,7,9,13,15H,3,6,8,14H2,1-2H3. The highest BCUT2D eigenvalue weighted by Crippen LogP contribution is 2.32. The quantitative estimate of drug-likeness (QED) is 0.801. The third-order valence-electron chi connectivity index (χ3n) is 3.22. The molecule has 2 rings (SSSR count). The van der Waals surface area contributed by atoms with E-state index in [9.17, 15) is 4.21 Å². The second-order valence-corrected chi connectivity index (χ2v) is 6.34. The van der Waals surface area contributed by atoms with E-state index in [4.69, 9.17) is 5.73 Å². The summed E-state index contributed by atoms with van der Waals surface area (Å²) in [5.41, 5.74) is 9.33. The van der Waals surface area contributed by atoms with Crippen molar-refractivity contribution in [1.29, 1.82) is 0 Å². The van der Waals surface area contributed by atoms with Gasteiger partial charge in [-0.3, -0.25) is 4.21 Å². The van der Waals surface area contributed by atoms with Crippen molar-refractivity contribution in [3.05, 3.63) is 29.3 Å². The molecule has 3 atom stereocenters. The van der Waals surface area contributed by atoms with E-state index in [0.29, 0.717) is 11.8 Å². The Morgan fingerprint density at radius 2 is 2.35 bits per heavy atom. The van der Waals surface area contributed by atoms with Crippen molar-refractivity contribution < 1.29 is 4.21 Å². The van der Waals surface area contributed by atoms with Crippen LogP contribution in [-0.4, -0.2) is 22.3 Å². The van der Waals surface area contributed by atoms with Gasteiger partial charge in [-0.1, -0.05) is 6.07 Å². The van der Waals surface area contributed by atoms with Crippen molar-refractivity contribution in [2.24, 2.45) is 0 Å². The molecule has 0 fully saturated rings. The fourth-order valence-electron chi connectivity index (χ4n) is 2.55. The van der Waals surface area contributed by atoms with Gasteiger partial charge in [0, 0.05) is 40.6 Å². The molecular formula is C13H20N2OS. The molecule has 0 heterocycles. The summed E-state index contributed by atoms with van der Waals surface area (Å²) >= 11 is 0. The zero-order chi connectivity index (χ0) is 12.4. The molecule has 17 heavy (non-hydrogen) atoms. The average Bonchev–Trinajstić information content (AvgIpc) is 2.59. The van der Waals surface area contributed by atoms with E-state index < -0.39 is 10.8 Å². The summed E-state index contributed by atoms with van der Waals surface area (Å²) in [6, 6.07) is 6.82. The molecule has 0 saturated heterocycles. The average molecular weight is 252 g/mol. The third-order valence-corrected chi connectivity index (χ3v) is 4.18. The van der Waals surface area contributed by atoms with Gasteiger partial charge in [-0.15, -0.1) is 0 Å². The highest BCUT2D eigenvalue weighted by atomic mass is 32.2. The van der Waals surface area contributed by atoms with E-state index in [0.717, 1.165) is 18.5 Å². The number of fused-ring (bicyclic) bond motifs is 1. The number of nitrogen functional groups attached to an aromatic ring is 1. The molecule has 0 aliphatic heterocycles. The van der Waals surface area contributed by atoms with Crippen LogP contribution in [0.3, 0.4) is 0 Å². The Balaban J connectivity index is 2.04. The first kappa shape index (κ1) is 12.6. The lowest BCUT2D eigenvalue weighted by molar-refractivity contribution is 0.477. The summed E-state index contributed by atoms with van der Waals surface area (Å²) in [5, 5.41) is 3.55. The minimum absolute atomic E-state index is 0.286. The van der Waals surface area contributed by atoms with Crippen molar-refractivity contribution in [2.75, 3.05) is 17.7 Å². The SMILES string of the molecule is CC(CS(C)=O)NC1CCc2cc(N)ccc21. The maximum atomic E-state index is 11.2. The van der Waals surface area contributed by atoms with Crippen molar-refractivity contribution in [3.8, 4) is 0 Å². The molecule has 1 aromatic rings. The van der Waals surface area contributed by atoms with E-state index in [1.54, 1.807) is 6.26 Å². The van der Waals surface area contributed by atoms with Crippen molar-refractivity contribution >= 4 is 16.5 Å². The number of aryl methyl sites for hydroxylation is 1. The highest BCUT2D eigenvalue weighted by Gasteiger charge is 2.23. The molecule has 3 nitrogen and oxygen atoms in total. The summed E-state index contributed by atoms with van der Waals surface area (Å²) in [7, 11) is -0.740. The van der Waals surface area contributed by atoms with E-state index >= 15 is 0 Å². The molecule has 1 aliphatic rings. The maximum Gasteiger partial charge on any atom is 0.0383 e. The number of anilines is 1. The van der Waals surface area contributed by atoms with Crippen LogP contribution in [0.4, 0.5) is 5.69 Å². The lowest BCUT2D eigenvalue weighted by Gasteiger charge is -2.19. The van der Waals surface area contributed by atoms with Gasteiger partial charge >= 0.3 is 0 Å². The van der Waals surface area contributed by atoms with Crippen LogP contribution in [0, 0.1) is 0 Å². The largest absolute Gasteiger partial charge is 0.399 e. The molecule has 0 bridgehead atoms. The van der Waals surface area contributed by atoms with E-state index in [1.165, 1.54) is 11.1 Å². The van der Waals surface area contributed by atoms with Crippen LogP contribution in [0.25, 0.3) is 0 Å². The molecule has 1 aromatic carbocycles. The molecule has 0 amide bonds. The lowest BCUT2D eigenvalue weighted by atomic mass is 10.1. The molecule has 4 heteroatoms. The molecule has 0 spiro atoms. The Hall–Kier alpha value is -0.870. The van der Waals surface area contributed by atoms with E-state index in [1.807, 2.05) is 6.07 Å². The lowest BCUT2D eigenvalue weighted by Crippen LogP contribution is -2.33. The van der Waals surface area contributed by atoms with Gasteiger partial charge in [0.2, 0.25) is 0 Å². The van der Waals surface area contributed by atoms with Gasteiger partial charge in [-0.05, 0) is 43.0 Å². The molecule has 0 saturated carbocycles. The predicted octanol–water partition coefficient (Wildman–Crippen LogP) is 1.61. The summed E-state index contributed by atoms with van der Waals surface area (Å²) < 4.78 is 11.2. The smallest absolute Gasteiger partial charge is 0.0383 e. The number of hydrogen-bond donors (Lipinski definition) is 2. The first-order valence-corrected chi connectivity index (χ1v) is 7.73. The molecule has 1 aliphatic carbocycles. The summed E-state index contributed by atoms with van der Waals surface area (Å²) in [5.74, 6) is 0.709. The number of benzene rings is 1. The zero-order valence-corrected chi connectivity index (χ0v) is 11.2. The van der Waals surface area contributed by atoms with Crippen LogP contribution in [-0.2, 0) is 17.2 Å². The molecule has 0 radical (unpaired) electrons. The number of rotatable bonds is 4. The minimum atomic E-state index is -0.740. The topological polar surface area (TPSA) is 55.1 Å². The zero-order valence-electron chi connectivity index (χ0n) is 10.4. The summed E-state index contributed by atoms with van der Waals surface area (Å²) in [4.78, 5) is 0. The summed E-state index contributed by atoms with van der Waals surface area (Å²) in [6.45, 7) is 2.09. The van der Waals surface area contributed by atoms with Gasteiger partial charge in [0.25, 0.3) is 0 Å². The highest BCUT2D eigenvalue weighted by molar-refractivity contribution is 7.84. The van der Waals surface area contributed by atoms with Gasteiger partial charge < -0.3 is 11.1 Å². The molecule has 3 unspecified atom stereocenters. The molecular weight excluding hydrogens is 232 g/mol. The van der Waals surface area contributed by atoms with Crippen LogP contribution in [0.2, 0.25) is 0 Å².